The number of ether oxygens (including phenoxy) is 2. The summed E-state index contributed by atoms with van der Waals surface area (Å²) in [6, 6.07) is 11.4. The molecule has 0 radical (unpaired) electrons. The molecule has 0 spiro atoms. The van der Waals surface area contributed by atoms with Crippen molar-refractivity contribution in [1.29, 1.82) is 0 Å². The molecule has 0 fully saturated rings. The Labute approximate surface area is 199 Å². The van der Waals surface area contributed by atoms with E-state index < -0.39 is 6.04 Å². The summed E-state index contributed by atoms with van der Waals surface area (Å²) < 4.78 is 10.8. The standard InChI is InChI=1S/C24H30Cl2N2O4/c1-5-22(24(30)27-13-16(2)3)28(14-19-20(25)7-6-8-21(19)26)23(29)15-32-18-11-9-17(31-4)10-12-18/h6-12,16,22H,5,13-15H2,1-4H3,(H,27,30). The molecule has 0 saturated carbocycles. The second-order valence-corrected chi connectivity index (χ2v) is 8.56. The summed E-state index contributed by atoms with van der Waals surface area (Å²) in [5.74, 6) is 0.932. The minimum atomic E-state index is -0.687. The van der Waals surface area contributed by atoms with Gasteiger partial charge in [-0.25, -0.2) is 0 Å². The summed E-state index contributed by atoms with van der Waals surface area (Å²) in [7, 11) is 1.58. The van der Waals surface area contributed by atoms with Gasteiger partial charge in [-0.3, -0.25) is 9.59 Å². The highest BCUT2D eigenvalue weighted by Gasteiger charge is 2.30. The van der Waals surface area contributed by atoms with Crippen LogP contribution in [0.1, 0.15) is 32.8 Å². The second kappa shape index (κ2) is 12.6. The number of benzene rings is 2. The number of hydrogen-bond acceptors (Lipinski definition) is 4. The first kappa shape index (κ1) is 25.8. The van der Waals surface area contributed by atoms with Crippen molar-refractivity contribution in [3.05, 3.63) is 58.1 Å². The Morgan fingerprint density at radius 2 is 1.62 bits per heavy atom. The van der Waals surface area contributed by atoms with Crippen molar-refractivity contribution in [1.82, 2.24) is 10.2 Å². The van der Waals surface area contributed by atoms with Gasteiger partial charge in [0, 0.05) is 28.7 Å². The fourth-order valence-electron chi connectivity index (χ4n) is 3.10. The maximum absolute atomic E-state index is 13.2. The van der Waals surface area contributed by atoms with E-state index in [9.17, 15) is 9.59 Å². The fraction of sp³-hybridized carbons (Fsp3) is 0.417. The summed E-state index contributed by atoms with van der Waals surface area (Å²) >= 11 is 12.7. The highest BCUT2D eigenvalue weighted by molar-refractivity contribution is 6.36. The first-order valence-corrected chi connectivity index (χ1v) is 11.3. The van der Waals surface area contributed by atoms with Gasteiger partial charge in [-0.1, -0.05) is 50.0 Å². The number of nitrogens with one attached hydrogen (secondary N) is 1. The Morgan fingerprint density at radius 3 is 2.16 bits per heavy atom. The molecule has 0 aliphatic carbocycles. The Hall–Kier alpha value is -2.44. The highest BCUT2D eigenvalue weighted by Crippen LogP contribution is 2.27. The zero-order valence-electron chi connectivity index (χ0n) is 18.9. The molecule has 0 aliphatic rings. The Morgan fingerprint density at radius 1 is 1.03 bits per heavy atom. The summed E-state index contributed by atoms with van der Waals surface area (Å²) in [5.41, 5.74) is 0.587. The van der Waals surface area contributed by atoms with Gasteiger partial charge in [0.25, 0.3) is 5.91 Å². The molecule has 32 heavy (non-hydrogen) atoms. The predicted molar refractivity (Wildman–Crippen MR) is 127 cm³/mol. The van der Waals surface area contributed by atoms with Crippen molar-refractivity contribution in [3.8, 4) is 11.5 Å². The molecule has 0 saturated heterocycles. The van der Waals surface area contributed by atoms with E-state index in [1.54, 1.807) is 49.6 Å². The van der Waals surface area contributed by atoms with Crippen molar-refractivity contribution < 1.29 is 19.1 Å². The molecule has 0 bridgehead atoms. The van der Waals surface area contributed by atoms with Gasteiger partial charge < -0.3 is 19.7 Å². The Balaban J connectivity index is 2.24. The van der Waals surface area contributed by atoms with Crippen LogP contribution < -0.4 is 14.8 Å². The number of hydrogen-bond donors (Lipinski definition) is 1. The van der Waals surface area contributed by atoms with E-state index in [0.717, 1.165) is 0 Å². The first-order chi connectivity index (χ1) is 15.3. The lowest BCUT2D eigenvalue weighted by Crippen LogP contribution is -2.50. The number of amides is 2. The largest absolute Gasteiger partial charge is 0.497 e. The number of carbonyl (C=O) groups excluding carboxylic acids is 2. The van der Waals surface area contributed by atoms with Crippen molar-refractivity contribution in [3.63, 3.8) is 0 Å². The lowest BCUT2D eigenvalue weighted by atomic mass is 10.1. The molecule has 6 nitrogen and oxygen atoms in total. The molecule has 1 N–H and O–H groups in total. The molecule has 0 aliphatic heterocycles. The summed E-state index contributed by atoms with van der Waals surface area (Å²) in [4.78, 5) is 27.6. The zero-order valence-corrected chi connectivity index (χ0v) is 20.4. The average Bonchev–Trinajstić information content (AvgIpc) is 2.78. The third-order valence-corrected chi connectivity index (χ3v) is 5.59. The average molecular weight is 481 g/mol. The van der Waals surface area contributed by atoms with Gasteiger partial charge in [-0.15, -0.1) is 0 Å². The molecular weight excluding hydrogens is 451 g/mol. The molecule has 2 aromatic rings. The van der Waals surface area contributed by atoms with Crippen LogP contribution >= 0.6 is 23.2 Å². The van der Waals surface area contributed by atoms with Gasteiger partial charge >= 0.3 is 0 Å². The van der Waals surface area contributed by atoms with Crippen LogP contribution in [0.4, 0.5) is 0 Å². The molecule has 2 amide bonds. The number of nitrogens with zero attached hydrogens (tertiary/aromatic N) is 1. The third kappa shape index (κ3) is 7.31. The normalized spacial score (nSPS) is 11.7. The first-order valence-electron chi connectivity index (χ1n) is 10.5. The van der Waals surface area contributed by atoms with Gasteiger partial charge in [-0.05, 0) is 48.7 Å². The lowest BCUT2D eigenvalue weighted by Gasteiger charge is -2.31. The van der Waals surface area contributed by atoms with E-state index in [2.05, 4.69) is 5.32 Å². The number of halogens is 2. The van der Waals surface area contributed by atoms with Crippen LogP contribution in [0.25, 0.3) is 0 Å². The van der Waals surface area contributed by atoms with Crippen molar-refractivity contribution >= 4 is 35.0 Å². The van der Waals surface area contributed by atoms with Gasteiger partial charge in [-0.2, -0.15) is 0 Å². The summed E-state index contributed by atoms with van der Waals surface area (Å²) in [6.45, 7) is 6.26. The quantitative estimate of drug-likeness (QED) is 0.493. The van der Waals surface area contributed by atoms with E-state index in [0.29, 0.717) is 40.1 Å². The molecule has 174 valence electrons. The fourth-order valence-corrected chi connectivity index (χ4v) is 3.61. The predicted octanol–water partition coefficient (Wildman–Crippen LogP) is 4.96. The SMILES string of the molecule is CCC(C(=O)NCC(C)C)N(Cc1c(Cl)cccc1Cl)C(=O)COc1ccc(OC)cc1. The monoisotopic (exact) mass is 480 g/mol. The maximum Gasteiger partial charge on any atom is 0.261 e. The number of carbonyl (C=O) groups is 2. The molecule has 0 heterocycles. The molecule has 0 aromatic heterocycles. The lowest BCUT2D eigenvalue weighted by molar-refractivity contribution is -0.143. The third-order valence-electron chi connectivity index (χ3n) is 4.88. The Bertz CT molecular complexity index is 883. The van der Waals surface area contributed by atoms with Gasteiger partial charge in [0.05, 0.1) is 7.11 Å². The van der Waals surface area contributed by atoms with E-state index in [1.165, 1.54) is 4.90 Å². The van der Waals surface area contributed by atoms with Crippen LogP contribution in [0.2, 0.25) is 10.0 Å². The maximum atomic E-state index is 13.2. The van der Waals surface area contributed by atoms with Crippen LogP contribution in [0.15, 0.2) is 42.5 Å². The molecule has 1 atom stereocenters. The van der Waals surface area contributed by atoms with Crippen molar-refractivity contribution in [2.45, 2.75) is 39.8 Å². The molecule has 8 heteroatoms. The van der Waals surface area contributed by atoms with E-state index in [4.69, 9.17) is 32.7 Å². The van der Waals surface area contributed by atoms with E-state index >= 15 is 0 Å². The second-order valence-electron chi connectivity index (χ2n) is 7.75. The number of rotatable bonds is 11. The van der Waals surface area contributed by atoms with Gasteiger partial charge in [0.15, 0.2) is 6.61 Å². The topological polar surface area (TPSA) is 67.9 Å². The van der Waals surface area contributed by atoms with Crippen LogP contribution in [-0.2, 0) is 16.1 Å². The van der Waals surface area contributed by atoms with Crippen LogP contribution in [-0.4, -0.2) is 43.0 Å². The van der Waals surface area contributed by atoms with Gasteiger partial charge in [0.2, 0.25) is 5.91 Å². The molecule has 2 rings (SSSR count). The summed E-state index contributed by atoms with van der Waals surface area (Å²) in [5, 5.41) is 3.78. The molecule has 2 aromatic carbocycles. The van der Waals surface area contributed by atoms with Crippen LogP contribution in [0.5, 0.6) is 11.5 Å². The van der Waals surface area contributed by atoms with Gasteiger partial charge in [0.1, 0.15) is 17.5 Å². The minimum absolute atomic E-state index is 0.0942. The minimum Gasteiger partial charge on any atom is -0.497 e. The van der Waals surface area contributed by atoms with Crippen molar-refractivity contribution in [2.75, 3.05) is 20.3 Å². The number of methoxy groups -OCH3 is 1. The highest BCUT2D eigenvalue weighted by atomic mass is 35.5. The van der Waals surface area contributed by atoms with Crippen LogP contribution in [0.3, 0.4) is 0 Å². The molecular formula is C24H30Cl2N2O4. The van der Waals surface area contributed by atoms with Crippen molar-refractivity contribution in [2.24, 2.45) is 5.92 Å². The van der Waals surface area contributed by atoms with E-state index in [-0.39, 0.29) is 30.9 Å². The smallest absolute Gasteiger partial charge is 0.261 e. The Kier molecular flexibility index (Phi) is 10.1. The van der Waals surface area contributed by atoms with Crippen LogP contribution in [0, 0.1) is 5.92 Å². The summed E-state index contributed by atoms with van der Waals surface area (Å²) in [6.07, 6.45) is 0.431. The zero-order chi connectivity index (χ0) is 23.7. The van der Waals surface area contributed by atoms with E-state index in [1.807, 2.05) is 20.8 Å². The molecule has 1 unspecified atom stereocenters.